The number of benzene rings is 2. The van der Waals surface area contributed by atoms with Gasteiger partial charge in [0.2, 0.25) is 5.60 Å². The van der Waals surface area contributed by atoms with Crippen LogP contribution in [0.1, 0.15) is 22.3 Å². The molecule has 3 rings (SSSR count). The summed E-state index contributed by atoms with van der Waals surface area (Å²) in [6.07, 6.45) is -5.23. The van der Waals surface area contributed by atoms with Gasteiger partial charge in [-0.1, -0.05) is 48.0 Å². The van der Waals surface area contributed by atoms with E-state index in [9.17, 15) is 27.9 Å². The number of amides is 1. The fourth-order valence-electron chi connectivity index (χ4n) is 2.88. The van der Waals surface area contributed by atoms with Crippen LogP contribution >= 0.6 is 0 Å². The lowest BCUT2D eigenvalue weighted by atomic mass is 10.00. The van der Waals surface area contributed by atoms with Gasteiger partial charge in [0.15, 0.2) is 5.78 Å². The van der Waals surface area contributed by atoms with E-state index in [0.717, 1.165) is 16.5 Å². The smallest absolute Gasteiger partial charge is 0.372 e. The molecule has 0 aliphatic carbocycles. The van der Waals surface area contributed by atoms with E-state index >= 15 is 0 Å². The van der Waals surface area contributed by atoms with Gasteiger partial charge in [-0.3, -0.25) is 14.5 Å². The topological polar surface area (TPSA) is 57.6 Å². The van der Waals surface area contributed by atoms with Gasteiger partial charge in [0.05, 0.1) is 0 Å². The second-order valence-electron chi connectivity index (χ2n) is 6.38. The molecule has 1 amide bonds. The first-order chi connectivity index (χ1) is 12.6. The lowest BCUT2D eigenvalue weighted by Crippen LogP contribution is -2.51. The van der Waals surface area contributed by atoms with Crippen LogP contribution in [0.25, 0.3) is 0 Å². The van der Waals surface area contributed by atoms with Gasteiger partial charge < -0.3 is 5.11 Å². The van der Waals surface area contributed by atoms with Gasteiger partial charge in [-0.15, -0.1) is 0 Å². The molecule has 0 spiro atoms. The molecule has 0 aromatic heterocycles. The molecular formula is C20H16F3NO3. The molecule has 1 heterocycles. The first-order valence-corrected chi connectivity index (χ1v) is 8.14. The molecule has 0 saturated carbocycles. The molecule has 2 aromatic rings. The number of aliphatic hydroxyl groups is 1. The monoisotopic (exact) mass is 375 g/mol. The number of hydrogen-bond donors (Lipinski definition) is 1. The van der Waals surface area contributed by atoms with Crippen molar-refractivity contribution in [2.75, 3.05) is 4.90 Å². The van der Waals surface area contributed by atoms with Crippen LogP contribution in [0.15, 0.2) is 66.4 Å². The maximum Gasteiger partial charge on any atom is 0.426 e. The van der Waals surface area contributed by atoms with Gasteiger partial charge in [-0.05, 0) is 19.1 Å². The Bertz CT molecular complexity index is 904. The van der Waals surface area contributed by atoms with E-state index in [1.54, 1.807) is 37.3 Å². The van der Waals surface area contributed by atoms with E-state index in [-0.39, 0.29) is 16.9 Å². The molecule has 0 radical (unpaired) electrons. The number of rotatable bonds is 3. The average Bonchev–Trinajstić information content (AvgIpc) is 2.88. The summed E-state index contributed by atoms with van der Waals surface area (Å²) in [5, 5.41) is 10.1. The second kappa shape index (κ2) is 6.66. The van der Waals surface area contributed by atoms with Crippen LogP contribution < -0.4 is 4.90 Å². The van der Waals surface area contributed by atoms with Crippen molar-refractivity contribution in [1.29, 1.82) is 0 Å². The number of nitrogens with zero attached hydrogens (tertiary/aromatic N) is 1. The van der Waals surface area contributed by atoms with E-state index in [1.807, 2.05) is 0 Å². The average molecular weight is 375 g/mol. The van der Waals surface area contributed by atoms with Gasteiger partial charge >= 0.3 is 6.18 Å². The molecule has 7 heteroatoms. The third kappa shape index (κ3) is 3.38. The number of carbonyl (C=O) groups is 2. The number of ketones is 1. The Hall–Kier alpha value is -2.93. The fourth-order valence-corrected chi connectivity index (χ4v) is 2.88. The maximum absolute atomic E-state index is 13.4. The van der Waals surface area contributed by atoms with E-state index in [4.69, 9.17) is 0 Å². The van der Waals surface area contributed by atoms with Crippen molar-refractivity contribution in [2.24, 2.45) is 0 Å². The molecule has 1 fully saturated rings. The summed E-state index contributed by atoms with van der Waals surface area (Å²) in [7, 11) is 0. The molecule has 1 N–H and O–H groups in total. The van der Waals surface area contributed by atoms with Crippen LogP contribution in [-0.4, -0.2) is 28.6 Å². The number of hydrogen-bond acceptors (Lipinski definition) is 3. The van der Waals surface area contributed by atoms with E-state index in [0.29, 0.717) is 0 Å². The van der Waals surface area contributed by atoms with Gasteiger partial charge in [-0.25, -0.2) is 0 Å². The Balaban J connectivity index is 2.08. The number of allylic oxidation sites excluding steroid dienone is 1. The van der Waals surface area contributed by atoms with Crippen LogP contribution in [0.3, 0.4) is 0 Å². The molecule has 1 atom stereocenters. The van der Waals surface area contributed by atoms with Crippen LogP contribution in [0.5, 0.6) is 0 Å². The maximum atomic E-state index is 13.4. The van der Waals surface area contributed by atoms with E-state index in [2.05, 4.69) is 0 Å². The Morgan fingerprint density at radius 3 is 2.26 bits per heavy atom. The van der Waals surface area contributed by atoms with Crippen LogP contribution in [-0.2, 0) is 4.79 Å². The highest BCUT2D eigenvalue weighted by atomic mass is 19.4. The molecule has 4 nitrogen and oxygen atoms in total. The number of alkyl halides is 3. The van der Waals surface area contributed by atoms with Crippen molar-refractivity contribution < 1.29 is 27.9 Å². The van der Waals surface area contributed by atoms with Crippen molar-refractivity contribution in [3.05, 3.63) is 77.5 Å². The first kappa shape index (κ1) is 18.8. The Kier molecular flexibility index (Phi) is 4.65. The fraction of sp³-hybridized carbons (Fsp3) is 0.200. The third-order valence-corrected chi connectivity index (χ3v) is 4.40. The highest BCUT2D eigenvalue weighted by Crippen LogP contribution is 2.44. The normalized spacial score (nSPS) is 21.7. The van der Waals surface area contributed by atoms with Crippen molar-refractivity contribution in [3.63, 3.8) is 0 Å². The molecule has 1 saturated heterocycles. The Morgan fingerprint density at radius 1 is 1.11 bits per heavy atom. The summed E-state index contributed by atoms with van der Waals surface area (Å²) in [5.74, 6) is -2.08. The van der Waals surface area contributed by atoms with Crippen molar-refractivity contribution in [1.82, 2.24) is 0 Å². The molecule has 2 aromatic carbocycles. The Labute approximate surface area is 153 Å². The molecule has 27 heavy (non-hydrogen) atoms. The van der Waals surface area contributed by atoms with Crippen LogP contribution in [0, 0.1) is 6.92 Å². The van der Waals surface area contributed by atoms with Gasteiger partial charge in [0.25, 0.3) is 5.91 Å². The molecule has 0 bridgehead atoms. The SMILES string of the molecule is Cc1ccc(N2C(=O)[C@](O)(C(F)(F)F)C/C2=C\C(=O)c2ccccc2)cc1. The second-order valence-corrected chi connectivity index (χ2v) is 6.38. The summed E-state index contributed by atoms with van der Waals surface area (Å²) in [6, 6.07) is 14.2. The number of halogens is 3. The van der Waals surface area contributed by atoms with Gasteiger partial charge in [-0.2, -0.15) is 13.2 Å². The van der Waals surface area contributed by atoms with Crippen molar-refractivity contribution >= 4 is 17.4 Å². The lowest BCUT2D eigenvalue weighted by Gasteiger charge is -2.24. The molecule has 0 unspecified atom stereocenters. The third-order valence-electron chi connectivity index (χ3n) is 4.40. The van der Waals surface area contributed by atoms with Gasteiger partial charge in [0.1, 0.15) is 0 Å². The zero-order valence-electron chi connectivity index (χ0n) is 14.3. The highest BCUT2D eigenvalue weighted by molar-refractivity contribution is 6.10. The predicted octanol–water partition coefficient (Wildman–Crippen LogP) is 3.79. The van der Waals surface area contributed by atoms with Crippen LogP contribution in [0.2, 0.25) is 0 Å². The minimum Gasteiger partial charge on any atom is -0.372 e. The number of aryl methyl sites for hydroxylation is 1. The first-order valence-electron chi connectivity index (χ1n) is 8.14. The summed E-state index contributed by atoms with van der Waals surface area (Å²) in [5.41, 5.74) is -2.51. The van der Waals surface area contributed by atoms with Gasteiger partial charge in [0, 0.05) is 29.4 Å². The minimum atomic E-state index is -5.17. The summed E-state index contributed by atoms with van der Waals surface area (Å²) >= 11 is 0. The van der Waals surface area contributed by atoms with Crippen LogP contribution in [0.4, 0.5) is 18.9 Å². The van der Waals surface area contributed by atoms with Crippen molar-refractivity contribution in [3.8, 4) is 0 Å². The largest absolute Gasteiger partial charge is 0.426 e. The standard InChI is InChI=1S/C20H16F3NO3/c1-13-7-9-15(10-8-13)24-16(11-17(25)14-5-3-2-4-6-14)12-19(27,18(24)26)20(21,22)23/h2-11,27H,12H2,1H3/b16-11+/t19-/m0/s1. The zero-order chi connectivity index (χ0) is 19.8. The lowest BCUT2D eigenvalue weighted by molar-refractivity contribution is -0.245. The predicted molar refractivity (Wildman–Crippen MR) is 93.1 cm³/mol. The van der Waals surface area contributed by atoms with E-state index < -0.39 is 29.9 Å². The summed E-state index contributed by atoms with van der Waals surface area (Å²) in [4.78, 5) is 25.7. The van der Waals surface area contributed by atoms with E-state index in [1.165, 1.54) is 24.3 Å². The van der Waals surface area contributed by atoms with Crippen molar-refractivity contribution in [2.45, 2.75) is 25.1 Å². The summed E-state index contributed by atoms with van der Waals surface area (Å²) < 4.78 is 40.1. The molecule has 140 valence electrons. The quantitative estimate of drug-likeness (QED) is 0.656. The molecular weight excluding hydrogens is 359 g/mol. The number of anilines is 1. The highest BCUT2D eigenvalue weighted by Gasteiger charge is 2.65. The minimum absolute atomic E-state index is 0.151. The zero-order valence-corrected chi connectivity index (χ0v) is 14.3. The molecule has 1 aliphatic rings. The molecule has 1 aliphatic heterocycles. The summed E-state index contributed by atoms with van der Waals surface area (Å²) in [6.45, 7) is 1.79. The number of carbonyl (C=O) groups excluding carboxylic acids is 2. The Morgan fingerprint density at radius 2 is 1.70 bits per heavy atom.